The largest absolute Gasteiger partial charge is 0.486 e. The SMILES string of the molecule is CC(C)(C)OC(=O)NCC1Cc2cc(-c3ccc(C(=O)N4CCCCC4)cn3)cc(Cl)c2O1. The standard InChI is InChI=1S/C25H30ClN3O4/c1-25(2,3)33-24(31)28-15-19-12-18-11-17(13-20(26)22(18)32-19)21-8-7-16(14-27-21)23(30)29-9-5-4-6-10-29/h7-8,11,13-14,19H,4-6,9-10,12,15H2,1-3H3,(H,28,31). The molecule has 33 heavy (non-hydrogen) atoms. The topological polar surface area (TPSA) is 80.8 Å². The maximum atomic E-state index is 12.7. The summed E-state index contributed by atoms with van der Waals surface area (Å²) in [5.74, 6) is 0.669. The Hall–Kier alpha value is -2.80. The Morgan fingerprint density at radius 1 is 1.21 bits per heavy atom. The molecule has 1 aromatic carbocycles. The number of aromatic nitrogens is 1. The number of hydrogen-bond donors (Lipinski definition) is 1. The number of piperidine rings is 1. The third-order valence-corrected chi connectivity index (χ3v) is 5.96. The van der Waals surface area contributed by atoms with Gasteiger partial charge in [0.25, 0.3) is 5.91 Å². The molecule has 2 aromatic rings. The van der Waals surface area contributed by atoms with Crippen molar-refractivity contribution in [1.29, 1.82) is 0 Å². The number of likely N-dealkylation sites (tertiary alicyclic amines) is 1. The number of carbonyl (C=O) groups excluding carboxylic acids is 2. The van der Waals surface area contributed by atoms with Gasteiger partial charge in [0.2, 0.25) is 0 Å². The van der Waals surface area contributed by atoms with Crippen molar-refractivity contribution >= 4 is 23.6 Å². The van der Waals surface area contributed by atoms with E-state index in [1.807, 2.05) is 49.9 Å². The van der Waals surface area contributed by atoms with Crippen LogP contribution in [0.2, 0.25) is 5.02 Å². The smallest absolute Gasteiger partial charge is 0.407 e. The van der Waals surface area contributed by atoms with E-state index < -0.39 is 11.7 Å². The number of ether oxygens (including phenoxy) is 2. The molecule has 3 heterocycles. The van der Waals surface area contributed by atoms with Crippen LogP contribution in [0.5, 0.6) is 5.75 Å². The first-order valence-corrected chi connectivity index (χ1v) is 11.8. The molecule has 4 rings (SSSR count). The van der Waals surface area contributed by atoms with E-state index in [4.69, 9.17) is 21.1 Å². The van der Waals surface area contributed by atoms with E-state index in [0.717, 1.165) is 42.8 Å². The number of fused-ring (bicyclic) bond motifs is 1. The van der Waals surface area contributed by atoms with Gasteiger partial charge in [-0.3, -0.25) is 9.78 Å². The highest BCUT2D eigenvalue weighted by Gasteiger charge is 2.27. The third kappa shape index (κ3) is 5.77. The average Bonchev–Trinajstić information content (AvgIpc) is 3.20. The van der Waals surface area contributed by atoms with Gasteiger partial charge in [-0.05, 0) is 64.3 Å². The Bertz CT molecular complexity index is 1030. The summed E-state index contributed by atoms with van der Waals surface area (Å²) < 4.78 is 11.2. The van der Waals surface area contributed by atoms with Crippen molar-refractivity contribution in [3.63, 3.8) is 0 Å². The van der Waals surface area contributed by atoms with Crippen LogP contribution in [0.3, 0.4) is 0 Å². The predicted molar refractivity (Wildman–Crippen MR) is 127 cm³/mol. The number of alkyl carbamates (subject to hydrolysis) is 1. The van der Waals surface area contributed by atoms with Crippen LogP contribution in [-0.2, 0) is 11.2 Å². The molecule has 0 saturated carbocycles. The fraction of sp³-hybridized carbons (Fsp3) is 0.480. The Kier molecular flexibility index (Phi) is 6.79. The summed E-state index contributed by atoms with van der Waals surface area (Å²) in [4.78, 5) is 31.0. The summed E-state index contributed by atoms with van der Waals surface area (Å²) in [6.07, 6.45) is 4.85. The molecule has 1 unspecified atom stereocenters. The van der Waals surface area contributed by atoms with Crippen LogP contribution in [0.4, 0.5) is 4.79 Å². The molecule has 2 amide bonds. The molecule has 1 aromatic heterocycles. The Labute approximate surface area is 199 Å². The quantitative estimate of drug-likeness (QED) is 0.689. The number of hydrogen-bond acceptors (Lipinski definition) is 5. The van der Waals surface area contributed by atoms with Crippen molar-refractivity contribution in [2.75, 3.05) is 19.6 Å². The molecule has 1 atom stereocenters. The number of nitrogens with zero attached hydrogens (tertiary/aromatic N) is 2. The molecule has 2 aliphatic heterocycles. The fourth-order valence-electron chi connectivity index (χ4n) is 4.13. The minimum absolute atomic E-state index is 0.0365. The molecular formula is C25H30ClN3O4. The fourth-order valence-corrected chi connectivity index (χ4v) is 4.41. The molecular weight excluding hydrogens is 442 g/mol. The lowest BCUT2D eigenvalue weighted by Crippen LogP contribution is -2.38. The second-order valence-corrected chi connectivity index (χ2v) is 9.97. The molecule has 1 fully saturated rings. The predicted octanol–water partition coefficient (Wildman–Crippen LogP) is 4.86. The van der Waals surface area contributed by atoms with E-state index in [2.05, 4.69) is 10.3 Å². The molecule has 176 valence electrons. The number of pyridine rings is 1. The first kappa shape index (κ1) is 23.4. The van der Waals surface area contributed by atoms with Gasteiger partial charge in [0.1, 0.15) is 17.5 Å². The van der Waals surface area contributed by atoms with E-state index in [9.17, 15) is 9.59 Å². The van der Waals surface area contributed by atoms with Crippen molar-refractivity contribution < 1.29 is 19.1 Å². The van der Waals surface area contributed by atoms with Gasteiger partial charge in [-0.15, -0.1) is 0 Å². The van der Waals surface area contributed by atoms with Crippen LogP contribution < -0.4 is 10.1 Å². The van der Waals surface area contributed by atoms with Crippen LogP contribution >= 0.6 is 11.6 Å². The van der Waals surface area contributed by atoms with Crippen molar-refractivity contribution in [3.8, 4) is 17.0 Å². The summed E-state index contributed by atoms with van der Waals surface area (Å²) in [6, 6.07) is 7.50. The molecule has 0 bridgehead atoms. The lowest BCUT2D eigenvalue weighted by Gasteiger charge is -2.26. The highest BCUT2D eigenvalue weighted by Crippen LogP contribution is 2.39. The van der Waals surface area contributed by atoms with Crippen LogP contribution in [-0.4, -0.2) is 53.2 Å². The van der Waals surface area contributed by atoms with Gasteiger partial charge in [-0.2, -0.15) is 0 Å². The van der Waals surface area contributed by atoms with Gasteiger partial charge in [0.05, 0.1) is 22.8 Å². The Balaban J connectivity index is 1.41. The van der Waals surface area contributed by atoms with E-state index in [1.54, 1.807) is 6.20 Å². The summed E-state index contributed by atoms with van der Waals surface area (Å²) in [5.41, 5.74) is 2.61. The zero-order valence-electron chi connectivity index (χ0n) is 19.3. The van der Waals surface area contributed by atoms with Crippen LogP contribution in [0.15, 0.2) is 30.5 Å². The maximum Gasteiger partial charge on any atom is 0.407 e. The summed E-state index contributed by atoms with van der Waals surface area (Å²) >= 11 is 6.50. The van der Waals surface area contributed by atoms with Gasteiger partial charge in [-0.1, -0.05) is 11.6 Å². The lowest BCUT2D eigenvalue weighted by atomic mass is 10.0. The van der Waals surface area contributed by atoms with Crippen molar-refractivity contribution in [3.05, 3.63) is 46.6 Å². The molecule has 0 spiro atoms. The average molecular weight is 472 g/mol. The monoisotopic (exact) mass is 471 g/mol. The van der Waals surface area contributed by atoms with Gasteiger partial charge < -0.3 is 19.7 Å². The second-order valence-electron chi connectivity index (χ2n) is 9.56. The second kappa shape index (κ2) is 9.59. The summed E-state index contributed by atoms with van der Waals surface area (Å²) in [6.45, 7) is 7.40. The highest BCUT2D eigenvalue weighted by molar-refractivity contribution is 6.32. The summed E-state index contributed by atoms with van der Waals surface area (Å²) in [7, 11) is 0. The zero-order chi connectivity index (χ0) is 23.6. The van der Waals surface area contributed by atoms with E-state index >= 15 is 0 Å². The van der Waals surface area contributed by atoms with Gasteiger partial charge >= 0.3 is 6.09 Å². The number of halogens is 1. The molecule has 1 N–H and O–H groups in total. The Morgan fingerprint density at radius 2 is 1.97 bits per heavy atom. The highest BCUT2D eigenvalue weighted by atomic mass is 35.5. The molecule has 0 radical (unpaired) electrons. The van der Waals surface area contributed by atoms with E-state index in [-0.39, 0.29) is 12.0 Å². The van der Waals surface area contributed by atoms with Crippen LogP contribution in [0.25, 0.3) is 11.3 Å². The first-order chi connectivity index (χ1) is 15.7. The lowest BCUT2D eigenvalue weighted by molar-refractivity contribution is 0.0505. The van der Waals surface area contributed by atoms with Crippen molar-refractivity contribution in [2.24, 2.45) is 0 Å². The third-order valence-electron chi connectivity index (χ3n) is 5.68. The van der Waals surface area contributed by atoms with Crippen molar-refractivity contribution in [2.45, 2.75) is 58.2 Å². The number of rotatable bonds is 4. The van der Waals surface area contributed by atoms with E-state index in [1.165, 1.54) is 6.42 Å². The minimum atomic E-state index is -0.553. The van der Waals surface area contributed by atoms with Gasteiger partial charge in [0.15, 0.2) is 0 Å². The normalized spacial score (nSPS) is 17.8. The van der Waals surface area contributed by atoms with Crippen LogP contribution in [0.1, 0.15) is 56.0 Å². The molecule has 2 aliphatic rings. The van der Waals surface area contributed by atoms with Gasteiger partial charge in [0, 0.05) is 36.8 Å². The molecule has 0 aliphatic carbocycles. The summed E-state index contributed by atoms with van der Waals surface area (Å²) in [5, 5.41) is 3.25. The zero-order valence-corrected chi connectivity index (χ0v) is 20.1. The molecule has 1 saturated heterocycles. The first-order valence-electron chi connectivity index (χ1n) is 11.4. The van der Waals surface area contributed by atoms with Crippen molar-refractivity contribution in [1.82, 2.24) is 15.2 Å². The number of carbonyl (C=O) groups is 2. The van der Waals surface area contributed by atoms with Gasteiger partial charge in [-0.25, -0.2) is 4.79 Å². The number of amides is 2. The Morgan fingerprint density at radius 3 is 2.64 bits per heavy atom. The number of benzene rings is 1. The van der Waals surface area contributed by atoms with E-state index in [0.29, 0.717) is 29.3 Å². The van der Waals surface area contributed by atoms with Crippen LogP contribution in [0, 0.1) is 0 Å². The minimum Gasteiger partial charge on any atom is -0.486 e. The molecule has 8 heteroatoms. The number of nitrogens with one attached hydrogen (secondary N) is 1. The molecule has 7 nitrogen and oxygen atoms in total. The maximum absolute atomic E-state index is 12.7.